The van der Waals surface area contributed by atoms with Crippen molar-refractivity contribution in [2.24, 2.45) is 0 Å². The topological polar surface area (TPSA) is 60.7 Å². The first-order chi connectivity index (χ1) is 4.86. The van der Waals surface area contributed by atoms with E-state index in [-0.39, 0.29) is 6.42 Å². The second kappa shape index (κ2) is 2.70. The lowest BCUT2D eigenvalue weighted by atomic mass is 10.3. The number of nitriles is 2. The van der Waals surface area contributed by atoms with Gasteiger partial charge in [0.05, 0.1) is 18.1 Å². The predicted octanol–water partition coefficient (Wildman–Crippen LogP) is 1.22. The Labute approximate surface area is 58.1 Å². The molecule has 3 nitrogen and oxygen atoms in total. The van der Waals surface area contributed by atoms with E-state index < -0.39 is 0 Å². The van der Waals surface area contributed by atoms with Crippen LogP contribution in [-0.2, 0) is 6.42 Å². The molecule has 1 heterocycles. The maximum atomic E-state index is 8.33. The molecule has 0 spiro atoms. The Balaban J connectivity index is 2.83. The molecule has 0 unspecified atom stereocenters. The summed E-state index contributed by atoms with van der Waals surface area (Å²) in [6, 6.07) is 5.38. The molecule has 0 N–H and O–H groups in total. The van der Waals surface area contributed by atoms with Gasteiger partial charge in [-0.05, 0) is 6.07 Å². The summed E-state index contributed by atoms with van der Waals surface area (Å²) in [5, 5.41) is 16.5. The Bertz CT molecular complexity index is 300. The van der Waals surface area contributed by atoms with Crippen LogP contribution in [0.15, 0.2) is 16.7 Å². The van der Waals surface area contributed by atoms with E-state index in [0.29, 0.717) is 11.3 Å². The van der Waals surface area contributed by atoms with Crippen molar-refractivity contribution >= 4 is 0 Å². The Morgan fingerprint density at radius 1 is 1.50 bits per heavy atom. The van der Waals surface area contributed by atoms with E-state index in [1.807, 2.05) is 12.1 Å². The van der Waals surface area contributed by atoms with E-state index in [0.717, 1.165) is 0 Å². The monoisotopic (exact) mass is 132 g/mol. The van der Waals surface area contributed by atoms with E-state index in [2.05, 4.69) is 0 Å². The largest absolute Gasteiger partial charge is 0.467 e. The van der Waals surface area contributed by atoms with Gasteiger partial charge >= 0.3 is 0 Å². The van der Waals surface area contributed by atoms with Crippen molar-refractivity contribution in [3.05, 3.63) is 23.7 Å². The van der Waals surface area contributed by atoms with Crippen LogP contribution in [-0.4, -0.2) is 0 Å². The molecular weight excluding hydrogens is 128 g/mol. The lowest BCUT2D eigenvalue weighted by Gasteiger charge is -1.77. The first-order valence-electron chi connectivity index (χ1n) is 2.71. The van der Waals surface area contributed by atoms with Crippen LogP contribution in [0.1, 0.15) is 11.3 Å². The van der Waals surface area contributed by atoms with Gasteiger partial charge in [-0.2, -0.15) is 10.5 Å². The zero-order valence-corrected chi connectivity index (χ0v) is 5.16. The molecule has 0 aromatic carbocycles. The summed E-state index contributed by atoms with van der Waals surface area (Å²) < 4.78 is 4.85. The van der Waals surface area contributed by atoms with Crippen LogP contribution >= 0.6 is 0 Å². The number of furan rings is 1. The van der Waals surface area contributed by atoms with Crippen molar-refractivity contribution in [3.8, 4) is 12.1 Å². The van der Waals surface area contributed by atoms with E-state index >= 15 is 0 Å². The zero-order chi connectivity index (χ0) is 7.40. The van der Waals surface area contributed by atoms with Gasteiger partial charge in [0.1, 0.15) is 18.1 Å². The second-order valence-corrected chi connectivity index (χ2v) is 1.75. The number of rotatable bonds is 1. The zero-order valence-electron chi connectivity index (χ0n) is 5.16. The van der Waals surface area contributed by atoms with Gasteiger partial charge in [-0.25, -0.2) is 0 Å². The van der Waals surface area contributed by atoms with Gasteiger partial charge in [-0.1, -0.05) is 0 Å². The smallest absolute Gasteiger partial charge is 0.119 e. The Hall–Kier alpha value is -1.74. The average molecular weight is 132 g/mol. The van der Waals surface area contributed by atoms with E-state index in [9.17, 15) is 0 Å². The van der Waals surface area contributed by atoms with Crippen LogP contribution < -0.4 is 0 Å². The highest BCUT2D eigenvalue weighted by atomic mass is 16.3. The Morgan fingerprint density at radius 2 is 2.30 bits per heavy atom. The fourth-order valence-electron chi connectivity index (χ4n) is 0.610. The molecule has 0 bridgehead atoms. The van der Waals surface area contributed by atoms with Crippen molar-refractivity contribution in [1.82, 2.24) is 0 Å². The predicted molar refractivity (Wildman–Crippen MR) is 32.7 cm³/mol. The van der Waals surface area contributed by atoms with Crippen molar-refractivity contribution in [1.29, 1.82) is 10.5 Å². The average Bonchev–Trinajstić information content (AvgIpc) is 2.37. The van der Waals surface area contributed by atoms with Gasteiger partial charge in [0.15, 0.2) is 0 Å². The lowest BCUT2D eigenvalue weighted by molar-refractivity contribution is 0.524. The van der Waals surface area contributed by atoms with Crippen LogP contribution in [0, 0.1) is 22.7 Å². The molecular formula is C7H4N2O. The molecule has 3 heteroatoms. The van der Waals surface area contributed by atoms with Gasteiger partial charge in [0.25, 0.3) is 0 Å². The normalized spacial score (nSPS) is 8.20. The third kappa shape index (κ3) is 1.15. The molecule has 0 atom stereocenters. The molecule has 0 aliphatic rings. The fraction of sp³-hybridized carbons (Fsp3) is 0.143. The third-order valence-corrected chi connectivity index (χ3v) is 1.04. The van der Waals surface area contributed by atoms with Gasteiger partial charge in [-0.3, -0.25) is 0 Å². The van der Waals surface area contributed by atoms with Crippen molar-refractivity contribution < 1.29 is 4.42 Å². The van der Waals surface area contributed by atoms with Crippen LogP contribution in [0.25, 0.3) is 0 Å². The van der Waals surface area contributed by atoms with Crippen LogP contribution in [0.5, 0.6) is 0 Å². The molecule has 0 saturated carbocycles. The molecule has 1 aromatic heterocycles. The molecule has 0 saturated heterocycles. The highest BCUT2D eigenvalue weighted by Gasteiger charge is 1.98. The summed E-state index contributed by atoms with van der Waals surface area (Å²) in [6.07, 6.45) is 1.56. The van der Waals surface area contributed by atoms with Crippen LogP contribution in [0.3, 0.4) is 0 Å². The summed E-state index contributed by atoms with van der Waals surface area (Å²) in [5.74, 6) is 0.541. The van der Waals surface area contributed by atoms with Gasteiger partial charge in [0.2, 0.25) is 0 Å². The van der Waals surface area contributed by atoms with Crippen LogP contribution in [0.2, 0.25) is 0 Å². The summed E-state index contributed by atoms with van der Waals surface area (Å²) in [6.45, 7) is 0. The standard InChI is InChI=1S/C7H4N2O/c8-2-1-7-3-6(4-9)5-10-7/h3,5H,1H2. The Kier molecular flexibility index (Phi) is 1.72. The number of hydrogen-bond donors (Lipinski definition) is 0. The molecule has 0 amide bonds. The van der Waals surface area contributed by atoms with Crippen LogP contribution in [0.4, 0.5) is 0 Å². The van der Waals surface area contributed by atoms with E-state index in [1.165, 1.54) is 6.26 Å². The van der Waals surface area contributed by atoms with E-state index in [4.69, 9.17) is 14.9 Å². The van der Waals surface area contributed by atoms with Gasteiger partial charge < -0.3 is 4.42 Å². The fourth-order valence-corrected chi connectivity index (χ4v) is 0.610. The van der Waals surface area contributed by atoms with Crippen molar-refractivity contribution in [2.45, 2.75) is 6.42 Å². The molecule has 1 aromatic rings. The SMILES string of the molecule is N#CCc1cc(C#N)co1. The highest BCUT2D eigenvalue weighted by Crippen LogP contribution is 2.05. The minimum absolute atomic E-state index is 0.224. The van der Waals surface area contributed by atoms with Gasteiger partial charge in [0, 0.05) is 0 Å². The highest BCUT2D eigenvalue weighted by molar-refractivity contribution is 5.27. The Morgan fingerprint density at radius 3 is 2.80 bits per heavy atom. The maximum Gasteiger partial charge on any atom is 0.119 e. The quantitative estimate of drug-likeness (QED) is 0.577. The summed E-state index contributed by atoms with van der Waals surface area (Å²) in [4.78, 5) is 0. The molecule has 0 radical (unpaired) electrons. The summed E-state index contributed by atoms with van der Waals surface area (Å²) >= 11 is 0. The lowest BCUT2D eigenvalue weighted by Crippen LogP contribution is -1.72. The van der Waals surface area contributed by atoms with E-state index in [1.54, 1.807) is 6.07 Å². The first kappa shape index (κ1) is 6.38. The maximum absolute atomic E-state index is 8.33. The minimum Gasteiger partial charge on any atom is -0.467 e. The van der Waals surface area contributed by atoms with Gasteiger partial charge in [-0.15, -0.1) is 0 Å². The summed E-state index contributed by atoms with van der Waals surface area (Å²) in [7, 11) is 0. The second-order valence-electron chi connectivity index (χ2n) is 1.75. The summed E-state index contributed by atoms with van der Waals surface area (Å²) in [5.41, 5.74) is 0.463. The van der Waals surface area contributed by atoms with Crippen molar-refractivity contribution in [3.63, 3.8) is 0 Å². The number of hydrogen-bond acceptors (Lipinski definition) is 3. The number of nitrogens with zero attached hydrogens (tertiary/aromatic N) is 2. The molecule has 0 fully saturated rings. The molecule has 0 aliphatic carbocycles. The molecule has 48 valence electrons. The molecule has 0 aliphatic heterocycles. The molecule has 10 heavy (non-hydrogen) atoms. The third-order valence-electron chi connectivity index (χ3n) is 1.04. The van der Waals surface area contributed by atoms with Crippen molar-refractivity contribution in [2.75, 3.05) is 0 Å². The first-order valence-corrected chi connectivity index (χ1v) is 2.71. The molecule has 1 rings (SSSR count). The minimum atomic E-state index is 0.224.